The van der Waals surface area contributed by atoms with Crippen molar-refractivity contribution in [3.63, 3.8) is 0 Å². The summed E-state index contributed by atoms with van der Waals surface area (Å²) in [6.45, 7) is 1.76. The molecule has 3 aromatic rings. The van der Waals surface area contributed by atoms with Gasteiger partial charge in [0.2, 0.25) is 10.0 Å². The smallest absolute Gasteiger partial charge is 0.341 e. The molecule has 34 heavy (non-hydrogen) atoms. The van der Waals surface area contributed by atoms with Gasteiger partial charge in [-0.2, -0.15) is 0 Å². The number of hydrogen-bond acceptors (Lipinski definition) is 8. The van der Waals surface area contributed by atoms with Crippen LogP contribution in [0, 0.1) is 0 Å². The molecular formula is C21H21N3O7S3. The second kappa shape index (κ2) is 10.2. The Kier molecular flexibility index (Phi) is 7.59. The van der Waals surface area contributed by atoms with Crippen molar-refractivity contribution in [2.24, 2.45) is 0 Å². The van der Waals surface area contributed by atoms with E-state index in [4.69, 9.17) is 4.74 Å². The molecule has 0 saturated carbocycles. The summed E-state index contributed by atoms with van der Waals surface area (Å²) in [5, 5.41) is 2.50. The molecule has 0 aliphatic rings. The maximum Gasteiger partial charge on any atom is 0.341 e. The molecule has 0 aliphatic heterocycles. The van der Waals surface area contributed by atoms with Crippen LogP contribution in [0.2, 0.25) is 0 Å². The zero-order valence-corrected chi connectivity index (χ0v) is 20.5. The Hall–Kier alpha value is -3.42. The molecule has 10 nitrogen and oxygen atoms in total. The number of benzene rings is 2. The summed E-state index contributed by atoms with van der Waals surface area (Å²) in [6, 6.07) is 14.5. The molecule has 0 radical (unpaired) electrons. The Balaban J connectivity index is 1.84. The first-order chi connectivity index (χ1) is 16.0. The van der Waals surface area contributed by atoms with Gasteiger partial charge in [-0.05, 0) is 36.8 Å². The standard InChI is InChI=1S/C21H21N3O7S3/c1-3-31-20(25)17-13-18(14-8-5-4-6-9-14)32-19(17)22-21(26)24-34(29,30)16-11-7-10-15(12-16)23-33(2,27)28/h4-13,23H,3H2,1-2H3,(H2,22,24,26). The number of sulfonamides is 2. The number of ether oxygens (including phenoxy) is 1. The van der Waals surface area contributed by atoms with E-state index in [1.54, 1.807) is 13.0 Å². The number of rotatable bonds is 8. The fraction of sp³-hybridized carbons (Fsp3) is 0.143. The van der Waals surface area contributed by atoms with Crippen molar-refractivity contribution in [1.82, 2.24) is 4.72 Å². The van der Waals surface area contributed by atoms with Gasteiger partial charge in [0.15, 0.2) is 0 Å². The number of hydrogen-bond donors (Lipinski definition) is 3. The monoisotopic (exact) mass is 523 g/mol. The number of anilines is 2. The van der Waals surface area contributed by atoms with Crippen LogP contribution < -0.4 is 14.8 Å². The van der Waals surface area contributed by atoms with E-state index >= 15 is 0 Å². The van der Waals surface area contributed by atoms with Gasteiger partial charge < -0.3 is 4.74 Å². The quantitative estimate of drug-likeness (QED) is 0.383. The van der Waals surface area contributed by atoms with E-state index in [0.29, 0.717) is 4.88 Å². The summed E-state index contributed by atoms with van der Waals surface area (Å²) in [5.74, 6) is -0.668. The topological polar surface area (TPSA) is 148 Å². The molecule has 1 aromatic heterocycles. The van der Waals surface area contributed by atoms with Crippen LogP contribution in [0.4, 0.5) is 15.5 Å². The summed E-state index contributed by atoms with van der Waals surface area (Å²) in [5.41, 5.74) is 0.896. The molecule has 2 aromatic carbocycles. The molecule has 3 N–H and O–H groups in total. The molecule has 0 bridgehead atoms. The predicted molar refractivity (Wildman–Crippen MR) is 130 cm³/mol. The number of carbonyl (C=O) groups is 2. The van der Waals surface area contributed by atoms with Gasteiger partial charge in [0.25, 0.3) is 10.0 Å². The van der Waals surface area contributed by atoms with Crippen molar-refractivity contribution >= 4 is 54.1 Å². The molecule has 0 unspecified atom stereocenters. The molecule has 0 fully saturated rings. The van der Waals surface area contributed by atoms with Crippen LogP contribution in [0.1, 0.15) is 17.3 Å². The van der Waals surface area contributed by atoms with Crippen molar-refractivity contribution in [2.45, 2.75) is 11.8 Å². The van der Waals surface area contributed by atoms with Crippen LogP contribution in [-0.2, 0) is 24.8 Å². The summed E-state index contributed by atoms with van der Waals surface area (Å²) < 4.78 is 57.2. The molecule has 3 rings (SSSR count). The molecular weight excluding hydrogens is 502 g/mol. The van der Waals surface area contributed by atoms with E-state index in [0.717, 1.165) is 29.2 Å². The van der Waals surface area contributed by atoms with E-state index in [9.17, 15) is 26.4 Å². The fourth-order valence-electron chi connectivity index (χ4n) is 2.84. The van der Waals surface area contributed by atoms with E-state index in [2.05, 4.69) is 10.0 Å². The second-order valence-electron chi connectivity index (χ2n) is 6.90. The average Bonchev–Trinajstić information content (AvgIpc) is 3.17. The highest BCUT2D eigenvalue weighted by atomic mass is 32.2. The van der Waals surface area contributed by atoms with Gasteiger partial charge >= 0.3 is 12.0 Å². The molecule has 0 saturated heterocycles. The van der Waals surface area contributed by atoms with Crippen LogP contribution in [0.3, 0.4) is 0 Å². The van der Waals surface area contributed by atoms with Crippen LogP contribution in [0.15, 0.2) is 65.6 Å². The van der Waals surface area contributed by atoms with Gasteiger partial charge in [-0.3, -0.25) is 10.0 Å². The highest BCUT2D eigenvalue weighted by Crippen LogP contribution is 2.36. The minimum Gasteiger partial charge on any atom is -0.462 e. The van der Waals surface area contributed by atoms with E-state index < -0.39 is 32.0 Å². The first kappa shape index (κ1) is 25.2. The fourth-order valence-corrected chi connectivity index (χ4v) is 5.39. The van der Waals surface area contributed by atoms with Gasteiger partial charge in [-0.25, -0.2) is 31.1 Å². The van der Waals surface area contributed by atoms with Gasteiger partial charge in [-0.15, -0.1) is 11.3 Å². The van der Waals surface area contributed by atoms with Crippen molar-refractivity contribution in [2.75, 3.05) is 22.9 Å². The predicted octanol–water partition coefficient (Wildman–Crippen LogP) is 3.47. The van der Waals surface area contributed by atoms with Crippen molar-refractivity contribution in [3.8, 4) is 10.4 Å². The molecule has 0 spiro atoms. The molecule has 0 aliphatic carbocycles. The first-order valence-electron chi connectivity index (χ1n) is 9.76. The number of urea groups is 1. The van der Waals surface area contributed by atoms with Crippen LogP contribution >= 0.6 is 11.3 Å². The third-order valence-electron chi connectivity index (χ3n) is 4.19. The lowest BCUT2D eigenvalue weighted by Gasteiger charge is -2.10. The lowest BCUT2D eigenvalue weighted by molar-refractivity contribution is 0.0528. The highest BCUT2D eigenvalue weighted by Gasteiger charge is 2.23. The summed E-state index contributed by atoms with van der Waals surface area (Å²) in [6.07, 6.45) is 0.922. The average molecular weight is 524 g/mol. The summed E-state index contributed by atoms with van der Waals surface area (Å²) in [7, 11) is -7.98. The Bertz CT molecular complexity index is 1420. The van der Waals surface area contributed by atoms with Crippen molar-refractivity contribution in [1.29, 1.82) is 0 Å². The molecule has 1 heterocycles. The minimum absolute atomic E-state index is 0.0149. The van der Waals surface area contributed by atoms with Gasteiger partial charge in [0.05, 0.1) is 23.3 Å². The van der Waals surface area contributed by atoms with E-state index in [1.165, 1.54) is 18.2 Å². The third kappa shape index (κ3) is 6.56. The summed E-state index contributed by atoms with van der Waals surface area (Å²) >= 11 is 1.08. The lowest BCUT2D eigenvalue weighted by atomic mass is 10.1. The maximum atomic E-state index is 12.7. The SMILES string of the molecule is CCOC(=O)c1cc(-c2ccccc2)sc1NC(=O)NS(=O)(=O)c1cccc(NS(C)(=O)=O)c1. The Morgan fingerprint density at radius 2 is 1.68 bits per heavy atom. The molecule has 180 valence electrons. The highest BCUT2D eigenvalue weighted by molar-refractivity contribution is 7.92. The molecule has 0 atom stereocenters. The van der Waals surface area contributed by atoms with Gasteiger partial charge in [0, 0.05) is 10.6 Å². The second-order valence-corrected chi connectivity index (χ2v) is 11.4. The Morgan fingerprint density at radius 3 is 2.32 bits per heavy atom. The van der Waals surface area contributed by atoms with Crippen molar-refractivity contribution < 1.29 is 31.2 Å². The molecule has 13 heteroatoms. The van der Waals surface area contributed by atoms with Crippen LogP contribution in [0.25, 0.3) is 10.4 Å². The van der Waals surface area contributed by atoms with Crippen LogP contribution in [0.5, 0.6) is 0 Å². The number of thiophene rings is 1. The number of esters is 1. The third-order valence-corrected chi connectivity index (χ3v) is 7.22. The molecule has 2 amide bonds. The summed E-state index contributed by atoms with van der Waals surface area (Å²) in [4.78, 5) is 25.3. The largest absolute Gasteiger partial charge is 0.462 e. The van der Waals surface area contributed by atoms with Crippen LogP contribution in [-0.4, -0.2) is 41.7 Å². The normalized spacial score (nSPS) is 11.5. The van der Waals surface area contributed by atoms with Crippen molar-refractivity contribution in [3.05, 3.63) is 66.2 Å². The van der Waals surface area contributed by atoms with E-state index in [1.807, 2.05) is 35.1 Å². The number of amides is 2. The number of carbonyl (C=O) groups excluding carboxylic acids is 2. The minimum atomic E-state index is -4.35. The zero-order chi connectivity index (χ0) is 24.9. The lowest BCUT2D eigenvalue weighted by Crippen LogP contribution is -2.34. The van der Waals surface area contributed by atoms with Gasteiger partial charge in [0.1, 0.15) is 5.00 Å². The maximum absolute atomic E-state index is 12.7. The number of nitrogens with one attached hydrogen (secondary N) is 3. The zero-order valence-electron chi connectivity index (χ0n) is 18.1. The van der Waals surface area contributed by atoms with Gasteiger partial charge in [-0.1, -0.05) is 36.4 Å². The van der Waals surface area contributed by atoms with E-state index in [-0.39, 0.29) is 27.8 Å². The first-order valence-corrected chi connectivity index (χ1v) is 14.0. The Labute approximate surface area is 201 Å². The Morgan fingerprint density at radius 1 is 0.971 bits per heavy atom.